The highest BCUT2D eigenvalue weighted by Gasteiger charge is 2.27. The van der Waals surface area contributed by atoms with E-state index in [0.29, 0.717) is 6.42 Å². The van der Waals surface area contributed by atoms with Crippen molar-refractivity contribution >= 4 is 11.8 Å². The summed E-state index contributed by atoms with van der Waals surface area (Å²) >= 11 is 0.111. The van der Waals surface area contributed by atoms with E-state index in [9.17, 15) is 13.2 Å². The van der Waals surface area contributed by atoms with Gasteiger partial charge in [-0.3, -0.25) is 0 Å². The van der Waals surface area contributed by atoms with Crippen molar-refractivity contribution in [2.45, 2.75) is 76.6 Å². The van der Waals surface area contributed by atoms with Crippen LogP contribution in [0.1, 0.15) is 71.1 Å². The van der Waals surface area contributed by atoms with Crippen molar-refractivity contribution in [2.24, 2.45) is 0 Å². The highest BCUT2D eigenvalue weighted by atomic mass is 32.2. The first kappa shape index (κ1) is 17.1. The summed E-state index contributed by atoms with van der Waals surface area (Å²) in [5.41, 5.74) is -4.04. The first-order valence-corrected chi connectivity index (χ1v) is 7.75. The minimum atomic E-state index is -4.04. The third kappa shape index (κ3) is 16.1. The maximum Gasteiger partial charge on any atom is 0.441 e. The van der Waals surface area contributed by atoms with E-state index in [0.717, 1.165) is 12.8 Å². The molecule has 0 aliphatic heterocycles. The molecule has 0 aromatic carbocycles. The number of hydrogen-bond acceptors (Lipinski definition) is 1. The molecular weight excluding hydrogens is 245 g/mol. The Morgan fingerprint density at radius 1 is 0.706 bits per heavy atom. The van der Waals surface area contributed by atoms with E-state index in [2.05, 4.69) is 6.92 Å². The zero-order valence-corrected chi connectivity index (χ0v) is 11.6. The number of thioether (sulfide) groups is 1. The largest absolute Gasteiger partial charge is 0.441 e. The van der Waals surface area contributed by atoms with Gasteiger partial charge in [0.15, 0.2) is 0 Å². The van der Waals surface area contributed by atoms with E-state index in [-0.39, 0.29) is 17.5 Å². The van der Waals surface area contributed by atoms with Gasteiger partial charge in [0.25, 0.3) is 0 Å². The molecule has 0 aromatic rings. The van der Waals surface area contributed by atoms with Gasteiger partial charge in [0.05, 0.1) is 0 Å². The van der Waals surface area contributed by atoms with Crippen LogP contribution in [0, 0.1) is 0 Å². The van der Waals surface area contributed by atoms with Crippen LogP contribution in [0.25, 0.3) is 0 Å². The molecule has 104 valence electrons. The zero-order chi connectivity index (χ0) is 13.0. The summed E-state index contributed by atoms with van der Waals surface area (Å²) in [6.45, 7) is 2.21. The Morgan fingerprint density at radius 3 is 1.53 bits per heavy atom. The second kappa shape index (κ2) is 11.2. The molecule has 0 radical (unpaired) electrons. The van der Waals surface area contributed by atoms with Crippen molar-refractivity contribution in [3.05, 3.63) is 0 Å². The molecule has 0 fully saturated rings. The lowest BCUT2D eigenvalue weighted by atomic mass is 10.1. The van der Waals surface area contributed by atoms with Crippen LogP contribution in [-0.4, -0.2) is 11.3 Å². The Hall–Kier alpha value is 0.140. The molecule has 0 bridgehead atoms. The van der Waals surface area contributed by atoms with E-state index >= 15 is 0 Å². The molecule has 0 aliphatic carbocycles. The predicted molar refractivity (Wildman–Crippen MR) is 70.4 cm³/mol. The van der Waals surface area contributed by atoms with Gasteiger partial charge in [-0.2, -0.15) is 13.2 Å². The summed E-state index contributed by atoms with van der Waals surface area (Å²) in [5.74, 6) is 0.222. The first-order chi connectivity index (χ1) is 8.06. The van der Waals surface area contributed by atoms with Gasteiger partial charge >= 0.3 is 5.51 Å². The Kier molecular flexibility index (Phi) is 11.3. The molecule has 0 atom stereocenters. The summed E-state index contributed by atoms with van der Waals surface area (Å²) in [5, 5.41) is 0. The minimum Gasteiger partial charge on any atom is -0.160 e. The van der Waals surface area contributed by atoms with Gasteiger partial charge in [0, 0.05) is 5.75 Å². The highest BCUT2D eigenvalue weighted by Crippen LogP contribution is 2.30. The Morgan fingerprint density at radius 2 is 1.12 bits per heavy atom. The quantitative estimate of drug-likeness (QED) is 0.405. The molecule has 17 heavy (non-hydrogen) atoms. The van der Waals surface area contributed by atoms with Gasteiger partial charge in [-0.15, -0.1) is 0 Å². The summed E-state index contributed by atoms with van der Waals surface area (Å²) in [7, 11) is 0. The van der Waals surface area contributed by atoms with Crippen LogP contribution in [0.3, 0.4) is 0 Å². The van der Waals surface area contributed by atoms with Crippen LogP contribution in [0.15, 0.2) is 0 Å². The minimum absolute atomic E-state index is 0.111. The third-order valence-corrected chi connectivity index (χ3v) is 3.58. The van der Waals surface area contributed by atoms with Crippen molar-refractivity contribution in [1.29, 1.82) is 0 Å². The zero-order valence-electron chi connectivity index (χ0n) is 10.8. The van der Waals surface area contributed by atoms with Crippen molar-refractivity contribution < 1.29 is 13.2 Å². The number of unbranched alkanes of at least 4 members (excludes halogenated alkanes) is 9. The normalized spacial score (nSPS) is 12.0. The van der Waals surface area contributed by atoms with E-state index < -0.39 is 5.51 Å². The van der Waals surface area contributed by atoms with Gasteiger partial charge < -0.3 is 0 Å². The number of halogens is 3. The smallest absolute Gasteiger partial charge is 0.160 e. The first-order valence-electron chi connectivity index (χ1n) is 6.77. The monoisotopic (exact) mass is 270 g/mol. The third-order valence-electron chi connectivity index (χ3n) is 2.76. The fourth-order valence-corrected chi connectivity index (χ4v) is 2.36. The maximum absolute atomic E-state index is 11.8. The molecule has 0 aromatic heterocycles. The molecule has 0 saturated carbocycles. The van der Waals surface area contributed by atoms with Gasteiger partial charge in [-0.1, -0.05) is 76.5 Å². The van der Waals surface area contributed by atoms with Crippen molar-refractivity contribution in [3.8, 4) is 0 Å². The van der Waals surface area contributed by atoms with E-state index in [1.54, 1.807) is 0 Å². The van der Waals surface area contributed by atoms with Crippen LogP contribution in [-0.2, 0) is 0 Å². The molecule has 0 rings (SSSR count). The predicted octanol–water partition coefficient (Wildman–Crippen LogP) is 6.16. The Bertz CT molecular complexity index is 157. The molecule has 0 heterocycles. The lowest BCUT2D eigenvalue weighted by Crippen LogP contribution is -2.01. The topological polar surface area (TPSA) is 0 Å². The average Bonchev–Trinajstić information content (AvgIpc) is 2.24. The molecule has 0 amide bonds. The van der Waals surface area contributed by atoms with Gasteiger partial charge in [-0.05, 0) is 6.42 Å². The Balaban J connectivity index is 2.99. The van der Waals surface area contributed by atoms with Crippen LogP contribution >= 0.6 is 11.8 Å². The lowest BCUT2D eigenvalue weighted by molar-refractivity contribution is -0.0328. The number of alkyl halides is 3. The van der Waals surface area contributed by atoms with Crippen molar-refractivity contribution in [3.63, 3.8) is 0 Å². The molecule has 0 saturated heterocycles. The molecular formula is C13H25F3S. The number of hydrogen-bond donors (Lipinski definition) is 0. The van der Waals surface area contributed by atoms with Crippen LogP contribution in [0.2, 0.25) is 0 Å². The van der Waals surface area contributed by atoms with Crippen LogP contribution in [0.5, 0.6) is 0 Å². The van der Waals surface area contributed by atoms with Gasteiger partial charge in [0.1, 0.15) is 0 Å². The standard InChI is InChI=1S/C13H25F3S/c1-2-3-4-5-6-7-8-9-10-11-12-17-13(14,15)16/h2-12H2,1H3. The number of rotatable bonds is 11. The Labute approximate surface area is 108 Å². The summed E-state index contributed by atoms with van der Waals surface area (Å²) in [6, 6.07) is 0. The highest BCUT2D eigenvalue weighted by molar-refractivity contribution is 8.00. The molecule has 4 heteroatoms. The van der Waals surface area contributed by atoms with Gasteiger partial charge in [-0.25, -0.2) is 0 Å². The molecule has 0 aliphatic rings. The van der Waals surface area contributed by atoms with Crippen LogP contribution in [0.4, 0.5) is 13.2 Å². The van der Waals surface area contributed by atoms with E-state index in [1.165, 1.54) is 44.9 Å². The fraction of sp³-hybridized carbons (Fsp3) is 1.00. The second-order valence-corrected chi connectivity index (χ2v) is 5.64. The van der Waals surface area contributed by atoms with E-state index in [4.69, 9.17) is 0 Å². The van der Waals surface area contributed by atoms with Gasteiger partial charge in [0.2, 0.25) is 0 Å². The molecule has 0 N–H and O–H groups in total. The van der Waals surface area contributed by atoms with Crippen molar-refractivity contribution in [1.82, 2.24) is 0 Å². The average molecular weight is 270 g/mol. The molecule has 0 unspecified atom stereocenters. The lowest BCUT2D eigenvalue weighted by Gasteiger charge is -2.05. The summed E-state index contributed by atoms with van der Waals surface area (Å²) in [6.07, 6.45) is 11.7. The maximum atomic E-state index is 11.8. The SMILES string of the molecule is CCCCCCCCCCCCSC(F)(F)F. The summed E-state index contributed by atoms with van der Waals surface area (Å²) in [4.78, 5) is 0. The van der Waals surface area contributed by atoms with Crippen LogP contribution < -0.4 is 0 Å². The second-order valence-electron chi connectivity index (χ2n) is 4.48. The van der Waals surface area contributed by atoms with E-state index in [1.807, 2.05) is 0 Å². The fourth-order valence-electron chi connectivity index (χ4n) is 1.78. The molecule has 0 spiro atoms. The molecule has 0 nitrogen and oxygen atoms in total. The van der Waals surface area contributed by atoms with Crippen molar-refractivity contribution in [2.75, 3.05) is 5.75 Å². The summed E-state index contributed by atoms with van der Waals surface area (Å²) < 4.78 is 35.4.